The molecule has 0 spiro atoms. The molecule has 0 heterocycles. The Morgan fingerprint density at radius 1 is 1.14 bits per heavy atom. The number of likely N-dealkylation sites (N-methyl/N-ethyl adjacent to an activating group) is 1. The van der Waals surface area contributed by atoms with E-state index in [0.29, 0.717) is 11.8 Å². The minimum atomic E-state index is -0.512. The summed E-state index contributed by atoms with van der Waals surface area (Å²) in [4.78, 5) is 2.34. The molecule has 0 aliphatic heterocycles. The molecule has 3 rings (SSSR count). The van der Waals surface area contributed by atoms with E-state index in [1.165, 1.54) is 11.6 Å². The fourth-order valence-corrected chi connectivity index (χ4v) is 4.61. The summed E-state index contributed by atoms with van der Waals surface area (Å²) >= 11 is 0. The molecule has 2 aromatic carbocycles. The predicted molar refractivity (Wildman–Crippen MR) is 116 cm³/mol. The summed E-state index contributed by atoms with van der Waals surface area (Å²) in [7, 11) is 3.83. The van der Waals surface area contributed by atoms with Crippen molar-refractivity contribution in [3.05, 3.63) is 65.0 Å². The Morgan fingerprint density at radius 3 is 2.52 bits per heavy atom. The third-order valence-electron chi connectivity index (χ3n) is 6.48. The molecule has 0 amide bonds. The fourth-order valence-electron chi connectivity index (χ4n) is 4.61. The number of aliphatic hydroxyl groups excluding tert-OH is 1. The van der Waals surface area contributed by atoms with Crippen LogP contribution in [0, 0.1) is 23.6 Å². The molecule has 29 heavy (non-hydrogen) atoms. The van der Waals surface area contributed by atoms with E-state index in [0.717, 1.165) is 49.2 Å². The summed E-state index contributed by atoms with van der Waals surface area (Å²) in [6, 6.07) is 13.1. The summed E-state index contributed by atoms with van der Waals surface area (Å²) in [6.45, 7) is 6.34. The second kappa shape index (κ2) is 9.73. The second-order valence-corrected chi connectivity index (χ2v) is 8.75. The second-order valence-electron chi connectivity index (χ2n) is 8.75. The van der Waals surface area contributed by atoms with E-state index in [2.05, 4.69) is 37.9 Å². The van der Waals surface area contributed by atoms with Crippen molar-refractivity contribution < 1.29 is 14.2 Å². The lowest BCUT2D eigenvalue weighted by Crippen LogP contribution is -2.35. The molecule has 4 heteroatoms. The van der Waals surface area contributed by atoms with Crippen LogP contribution in [0.3, 0.4) is 0 Å². The smallest absolute Gasteiger partial charge is 0.123 e. The van der Waals surface area contributed by atoms with Crippen LogP contribution in [0.25, 0.3) is 0 Å². The van der Waals surface area contributed by atoms with Crippen LogP contribution in [-0.4, -0.2) is 37.3 Å². The first kappa shape index (κ1) is 21.8. The van der Waals surface area contributed by atoms with E-state index in [4.69, 9.17) is 4.74 Å². The molecule has 1 aliphatic carbocycles. The van der Waals surface area contributed by atoms with Crippen LogP contribution < -0.4 is 4.74 Å². The lowest BCUT2D eigenvalue weighted by molar-refractivity contribution is 0.0320. The van der Waals surface area contributed by atoms with Gasteiger partial charge in [0.2, 0.25) is 0 Å². The number of hydrogen-bond acceptors (Lipinski definition) is 3. The van der Waals surface area contributed by atoms with Gasteiger partial charge in [0.05, 0.1) is 13.2 Å². The third-order valence-corrected chi connectivity index (χ3v) is 6.48. The normalized spacial score (nSPS) is 21.4. The average Bonchev–Trinajstić information content (AvgIpc) is 2.71. The number of benzene rings is 2. The maximum absolute atomic E-state index is 13.7. The van der Waals surface area contributed by atoms with Crippen LogP contribution >= 0.6 is 0 Å². The quantitative estimate of drug-likeness (QED) is 0.687. The van der Waals surface area contributed by atoms with Crippen molar-refractivity contribution in [1.29, 1.82) is 0 Å². The van der Waals surface area contributed by atoms with Gasteiger partial charge in [-0.15, -0.1) is 0 Å². The first-order chi connectivity index (χ1) is 13.9. The summed E-state index contributed by atoms with van der Waals surface area (Å²) < 4.78 is 18.9. The van der Waals surface area contributed by atoms with E-state index in [1.807, 2.05) is 12.1 Å². The molecule has 0 bridgehead atoms. The van der Waals surface area contributed by atoms with Crippen molar-refractivity contribution in [1.82, 2.24) is 4.90 Å². The zero-order valence-electron chi connectivity index (χ0n) is 18.1. The van der Waals surface area contributed by atoms with E-state index in [-0.39, 0.29) is 11.7 Å². The zero-order chi connectivity index (χ0) is 21.0. The van der Waals surface area contributed by atoms with Gasteiger partial charge in [-0.25, -0.2) is 4.39 Å². The lowest BCUT2D eigenvalue weighted by atomic mass is 9.68. The first-order valence-corrected chi connectivity index (χ1v) is 10.7. The van der Waals surface area contributed by atoms with Crippen molar-refractivity contribution in [2.45, 2.75) is 39.2 Å². The molecule has 0 fully saturated rings. The highest BCUT2D eigenvalue weighted by molar-refractivity contribution is 5.33. The molecule has 0 saturated carbocycles. The summed E-state index contributed by atoms with van der Waals surface area (Å²) in [6.07, 6.45) is 2.27. The Bertz CT molecular complexity index is 790. The van der Waals surface area contributed by atoms with Crippen molar-refractivity contribution in [3.63, 3.8) is 0 Å². The van der Waals surface area contributed by atoms with Gasteiger partial charge in [0, 0.05) is 6.54 Å². The van der Waals surface area contributed by atoms with Crippen molar-refractivity contribution in [2.24, 2.45) is 17.8 Å². The molecular weight excluding hydrogens is 365 g/mol. The molecule has 1 aliphatic rings. The standard InChI is InChI=1S/C25H34FNO2/c1-17(2)24-16-19-15-20(26)7-10-22(19)25(28)23(24)12-14-27(3)13-11-18-5-8-21(29-4)9-6-18/h5-10,15,17,23-25,28H,11-14,16H2,1-4H3/t23-,24?,25+/m1/s1. The SMILES string of the molecule is COc1ccc(CCN(C)CC[C@@H]2C(C(C)C)Cc3cc(F)ccc3[C@@H]2O)cc1. The van der Waals surface area contributed by atoms with Gasteiger partial charge in [0.15, 0.2) is 0 Å². The van der Waals surface area contributed by atoms with Gasteiger partial charge in [-0.3, -0.25) is 0 Å². The number of halogens is 1. The highest BCUT2D eigenvalue weighted by atomic mass is 19.1. The lowest BCUT2D eigenvalue weighted by Gasteiger charge is -2.40. The van der Waals surface area contributed by atoms with Crippen LogP contribution in [0.4, 0.5) is 4.39 Å². The molecule has 2 aromatic rings. The maximum Gasteiger partial charge on any atom is 0.123 e. The summed E-state index contributed by atoms with van der Waals surface area (Å²) in [5, 5.41) is 11.0. The number of fused-ring (bicyclic) bond motifs is 1. The molecule has 0 aromatic heterocycles. The third kappa shape index (κ3) is 5.37. The van der Waals surface area contributed by atoms with Crippen LogP contribution in [0.5, 0.6) is 5.75 Å². The molecule has 1 N–H and O–H groups in total. The minimum Gasteiger partial charge on any atom is -0.497 e. The Labute approximate surface area is 174 Å². The number of methoxy groups -OCH3 is 1. The summed E-state index contributed by atoms with van der Waals surface area (Å²) in [5.41, 5.74) is 3.18. The van der Waals surface area contributed by atoms with Crippen molar-refractivity contribution in [3.8, 4) is 5.75 Å². The number of rotatable bonds is 8. The molecule has 3 atom stereocenters. The van der Waals surface area contributed by atoms with E-state index < -0.39 is 6.10 Å². The zero-order valence-corrected chi connectivity index (χ0v) is 18.1. The van der Waals surface area contributed by atoms with Gasteiger partial charge in [-0.05, 0) is 91.6 Å². The molecular formula is C25H34FNO2. The molecule has 0 saturated heterocycles. The molecule has 0 radical (unpaired) electrons. The molecule has 1 unspecified atom stereocenters. The summed E-state index contributed by atoms with van der Waals surface area (Å²) in [5.74, 6) is 1.70. The topological polar surface area (TPSA) is 32.7 Å². The fraction of sp³-hybridized carbons (Fsp3) is 0.520. The minimum absolute atomic E-state index is 0.205. The Hall–Kier alpha value is -1.91. The molecule has 3 nitrogen and oxygen atoms in total. The van der Waals surface area contributed by atoms with Crippen LogP contribution in [0.2, 0.25) is 0 Å². The number of aliphatic hydroxyl groups is 1. The van der Waals surface area contributed by atoms with Gasteiger partial charge in [-0.2, -0.15) is 0 Å². The highest BCUT2D eigenvalue weighted by Crippen LogP contribution is 2.43. The Balaban J connectivity index is 1.59. The van der Waals surface area contributed by atoms with Crippen molar-refractivity contribution in [2.75, 3.05) is 27.2 Å². The predicted octanol–water partition coefficient (Wildman–Crippen LogP) is 4.88. The van der Waals surface area contributed by atoms with E-state index >= 15 is 0 Å². The average molecular weight is 400 g/mol. The number of hydrogen-bond donors (Lipinski definition) is 1. The Morgan fingerprint density at radius 2 is 1.86 bits per heavy atom. The van der Waals surface area contributed by atoms with Gasteiger partial charge in [-0.1, -0.05) is 32.0 Å². The monoisotopic (exact) mass is 399 g/mol. The van der Waals surface area contributed by atoms with Gasteiger partial charge in [0.1, 0.15) is 11.6 Å². The first-order valence-electron chi connectivity index (χ1n) is 10.7. The maximum atomic E-state index is 13.7. The van der Waals surface area contributed by atoms with Crippen LogP contribution in [0.15, 0.2) is 42.5 Å². The van der Waals surface area contributed by atoms with Gasteiger partial charge >= 0.3 is 0 Å². The highest BCUT2D eigenvalue weighted by Gasteiger charge is 2.37. The van der Waals surface area contributed by atoms with Crippen LogP contribution in [-0.2, 0) is 12.8 Å². The number of ether oxygens (including phenoxy) is 1. The van der Waals surface area contributed by atoms with Gasteiger partial charge in [0.25, 0.3) is 0 Å². The van der Waals surface area contributed by atoms with E-state index in [1.54, 1.807) is 19.2 Å². The van der Waals surface area contributed by atoms with E-state index in [9.17, 15) is 9.50 Å². The number of nitrogens with zero attached hydrogens (tertiary/aromatic N) is 1. The van der Waals surface area contributed by atoms with Crippen molar-refractivity contribution >= 4 is 0 Å². The van der Waals surface area contributed by atoms with Gasteiger partial charge < -0.3 is 14.7 Å². The van der Waals surface area contributed by atoms with Crippen LogP contribution in [0.1, 0.15) is 43.1 Å². The molecule has 158 valence electrons. The Kier molecular flexibility index (Phi) is 7.31. The largest absolute Gasteiger partial charge is 0.497 e.